The number of ketones is 1. The van der Waals surface area contributed by atoms with Crippen LogP contribution in [-0.4, -0.2) is 80.5 Å². The van der Waals surface area contributed by atoms with E-state index >= 15 is 0 Å². The Morgan fingerprint density at radius 2 is 1.19 bits per heavy atom. The molecule has 0 amide bonds. The van der Waals surface area contributed by atoms with Gasteiger partial charge in [0.15, 0.2) is 6.10 Å². The summed E-state index contributed by atoms with van der Waals surface area (Å²) in [6.07, 6.45) is 24.3. The molecule has 1 aliphatic carbocycles. The lowest BCUT2D eigenvalue weighted by molar-refractivity contribution is -0.161. The Balaban J connectivity index is 2.26. The lowest BCUT2D eigenvalue weighted by Crippen LogP contribution is -2.29. The van der Waals surface area contributed by atoms with Gasteiger partial charge in [0.1, 0.15) is 12.4 Å². The fourth-order valence-electron chi connectivity index (χ4n) is 7.50. The average Bonchev–Trinajstić information content (AvgIpc) is 3.41. The zero-order valence-corrected chi connectivity index (χ0v) is 36.6. The molecule has 0 aromatic rings. The molecule has 0 radical (unpaired) electrons. The summed E-state index contributed by atoms with van der Waals surface area (Å²) < 4.78 is 26.3. The van der Waals surface area contributed by atoms with E-state index in [9.17, 15) is 34.3 Å². The molecule has 0 unspecified atom stereocenters. The minimum Gasteiger partial charge on any atom is -0.462 e. The van der Waals surface area contributed by atoms with Gasteiger partial charge in [0.2, 0.25) is 0 Å². The zero-order chi connectivity index (χ0) is 42.3. The minimum atomic E-state index is -4.84. The van der Waals surface area contributed by atoms with E-state index in [0.29, 0.717) is 25.7 Å². The molecular weight excluding hydrogens is 751 g/mol. The lowest BCUT2D eigenvalue weighted by atomic mass is 9.87. The molecule has 0 aromatic heterocycles. The monoisotopic (exact) mass is 833 g/mol. The highest BCUT2D eigenvalue weighted by Gasteiger charge is 2.41. The number of aliphatic hydroxyl groups is 3. The Morgan fingerprint density at radius 1 is 0.684 bits per heavy atom. The molecule has 1 rings (SSSR count). The Bertz CT molecular complexity index is 1120. The number of hydrogen-bond donors (Lipinski definition) is 5. The number of phosphoric acid groups is 1. The van der Waals surface area contributed by atoms with Crippen LogP contribution in [0.3, 0.4) is 0 Å². The van der Waals surface area contributed by atoms with Crippen LogP contribution in [0, 0.1) is 17.8 Å². The standard InChI is InChI=1S/C44H81O12P/c1-4-5-19-25-36(45)29-30-39-40(42(48)32-41(39)47)31-37(46)26-22-23-27-43(49)54-33-38(34-55-57(51,52)53)56-44(50)28-21-18-16-14-12-10-8-6-7-9-11-13-15-17-20-24-35(2)3/h29-30,35-36,38-42,45,47-48H,4-28,31-34H2,1-3H3,(H2,51,52,53)/b30-29+/t36-,38+,39+,40+,41+,42-/m0/s1. The van der Waals surface area contributed by atoms with Gasteiger partial charge in [-0.1, -0.05) is 148 Å². The Kier molecular flexibility index (Phi) is 31.0. The van der Waals surface area contributed by atoms with Gasteiger partial charge in [-0.2, -0.15) is 0 Å². The van der Waals surface area contributed by atoms with Gasteiger partial charge in [-0.05, 0) is 31.6 Å². The molecule has 0 spiro atoms. The summed E-state index contributed by atoms with van der Waals surface area (Å²) in [6, 6.07) is 0. The smallest absolute Gasteiger partial charge is 0.462 e. The molecule has 13 heteroatoms. The molecule has 334 valence electrons. The first-order valence-electron chi connectivity index (χ1n) is 22.5. The first kappa shape index (κ1) is 53.4. The summed E-state index contributed by atoms with van der Waals surface area (Å²) in [5.41, 5.74) is 0. The molecule has 0 saturated heterocycles. The van der Waals surface area contributed by atoms with Crippen LogP contribution < -0.4 is 0 Å². The van der Waals surface area contributed by atoms with Crippen LogP contribution in [0.2, 0.25) is 0 Å². The molecule has 6 atom stereocenters. The molecule has 5 N–H and O–H groups in total. The van der Waals surface area contributed by atoms with Crippen molar-refractivity contribution >= 4 is 25.5 Å². The first-order valence-corrected chi connectivity index (χ1v) is 24.0. The van der Waals surface area contributed by atoms with Crippen LogP contribution in [0.25, 0.3) is 0 Å². The van der Waals surface area contributed by atoms with Crippen molar-refractivity contribution in [3.05, 3.63) is 12.2 Å². The summed E-state index contributed by atoms with van der Waals surface area (Å²) in [5, 5.41) is 31.2. The Morgan fingerprint density at radius 3 is 1.75 bits per heavy atom. The first-order chi connectivity index (χ1) is 27.2. The van der Waals surface area contributed by atoms with Crippen molar-refractivity contribution in [2.24, 2.45) is 17.8 Å². The van der Waals surface area contributed by atoms with Gasteiger partial charge in [-0.3, -0.25) is 18.9 Å². The molecular formula is C44H81O12P. The van der Waals surface area contributed by atoms with E-state index in [2.05, 4.69) is 25.3 Å². The summed E-state index contributed by atoms with van der Waals surface area (Å²) in [5.74, 6) is -1.33. The number of carbonyl (C=O) groups is 3. The lowest BCUT2D eigenvalue weighted by Gasteiger charge is -2.20. The van der Waals surface area contributed by atoms with Gasteiger partial charge in [0, 0.05) is 43.9 Å². The molecule has 1 saturated carbocycles. The summed E-state index contributed by atoms with van der Waals surface area (Å²) in [6.45, 7) is 5.61. The van der Waals surface area contributed by atoms with Crippen molar-refractivity contribution < 1.29 is 58.1 Å². The SMILES string of the molecule is CCCCC[C@H](O)/C=C/[C@@H]1[C@@H](CC(=O)CCCCC(=O)OC[C@H](COP(=O)(O)O)OC(=O)CCCCCCCCCCCCCCCCCC(C)C)[C@@H](O)C[C@H]1O. The number of ether oxygens (including phenoxy) is 2. The molecule has 0 aromatic carbocycles. The second-order valence-corrected chi connectivity index (χ2v) is 18.1. The van der Waals surface area contributed by atoms with Gasteiger partial charge in [-0.25, -0.2) is 4.57 Å². The quantitative estimate of drug-likeness (QED) is 0.0172. The number of aliphatic hydroxyl groups excluding tert-OH is 3. The molecule has 1 fully saturated rings. The number of unbranched alkanes of at least 4 members (excludes halogenated alkanes) is 17. The minimum absolute atomic E-state index is 0.0157. The zero-order valence-electron chi connectivity index (χ0n) is 35.7. The third-order valence-electron chi connectivity index (χ3n) is 10.9. The number of rotatable bonds is 37. The molecule has 57 heavy (non-hydrogen) atoms. The highest BCUT2D eigenvalue weighted by Crippen LogP contribution is 2.37. The van der Waals surface area contributed by atoms with E-state index in [0.717, 1.165) is 44.4 Å². The summed E-state index contributed by atoms with van der Waals surface area (Å²) >= 11 is 0. The topological polar surface area (TPSA) is 197 Å². The van der Waals surface area contributed by atoms with Gasteiger partial charge in [-0.15, -0.1) is 0 Å². The van der Waals surface area contributed by atoms with Gasteiger partial charge in [0.05, 0.1) is 24.9 Å². The fraction of sp³-hybridized carbons (Fsp3) is 0.886. The average molecular weight is 833 g/mol. The number of phosphoric ester groups is 1. The van der Waals surface area contributed by atoms with Crippen LogP contribution in [0.1, 0.15) is 194 Å². The molecule has 12 nitrogen and oxygen atoms in total. The maximum atomic E-state index is 12.8. The van der Waals surface area contributed by atoms with Crippen LogP contribution in [0.5, 0.6) is 0 Å². The normalized spacial score (nSPS) is 19.7. The van der Waals surface area contributed by atoms with Crippen LogP contribution in [-0.2, 0) is 32.9 Å². The highest BCUT2D eigenvalue weighted by atomic mass is 31.2. The van der Waals surface area contributed by atoms with Crippen molar-refractivity contribution in [1.29, 1.82) is 0 Å². The summed E-state index contributed by atoms with van der Waals surface area (Å²) in [7, 11) is -4.84. The second-order valence-electron chi connectivity index (χ2n) is 16.8. The van der Waals surface area contributed by atoms with Crippen LogP contribution >= 0.6 is 7.82 Å². The number of Topliss-reactive ketones (excluding diaryl/α,β-unsaturated/α-hetero) is 1. The maximum absolute atomic E-state index is 12.8. The van der Waals surface area contributed by atoms with E-state index in [-0.39, 0.29) is 37.9 Å². The molecule has 1 aliphatic rings. The number of carbonyl (C=O) groups excluding carboxylic acids is 3. The van der Waals surface area contributed by atoms with Crippen molar-refractivity contribution in [2.45, 2.75) is 219 Å². The van der Waals surface area contributed by atoms with E-state index in [1.165, 1.54) is 77.0 Å². The van der Waals surface area contributed by atoms with Gasteiger partial charge >= 0.3 is 19.8 Å². The van der Waals surface area contributed by atoms with Crippen LogP contribution in [0.4, 0.5) is 0 Å². The van der Waals surface area contributed by atoms with Crippen molar-refractivity contribution in [2.75, 3.05) is 13.2 Å². The van der Waals surface area contributed by atoms with Crippen molar-refractivity contribution in [3.63, 3.8) is 0 Å². The Hall–Kier alpha value is -1.66. The van der Waals surface area contributed by atoms with E-state index in [1.807, 2.05) is 0 Å². The predicted molar refractivity (Wildman–Crippen MR) is 223 cm³/mol. The molecule has 0 aliphatic heterocycles. The Labute approximate surface area is 344 Å². The third kappa shape index (κ3) is 30.1. The van der Waals surface area contributed by atoms with E-state index in [1.54, 1.807) is 12.2 Å². The van der Waals surface area contributed by atoms with Crippen molar-refractivity contribution in [3.8, 4) is 0 Å². The van der Waals surface area contributed by atoms with E-state index < -0.39 is 69.2 Å². The molecule has 0 bridgehead atoms. The summed E-state index contributed by atoms with van der Waals surface area (Å²) in [4.78, 5) is 55.9. The largest absolute Gasteiger partial charge is 0.469 e. The van der Waals surface area contributed by atoms with Crippen molar-refractivity contribution in [1.82, 2.24) is 0 Å². The number of esters is 2. The molecule has 0 heterocycles. The maximum Gasteiger partial charge on any atom is 0.469 e. The predicted octanol–water partition coefficient (Wildman–Crippen LogP) is 9.21. The number of hydrogen-bond acceptors (Lipinski definition) is 10. The second kappa shape index (κ2) is 33.1. The highest BCUT2D eigenvalue weighted by molar-refractivity contribution is 7.46. The van der Waals surface area contributed by atoms with E-state index in [4.69, 9.17) is 19.3 Å². The van der Waals surface area contributed by atoms with Crippen LogP contribution in [0.15, 0.2) is 12.2 Å². The van der Waals surface area contributed by atoms with Gasteiger partial charge < -0.3 is 34.6 Å². The third-order valence-corrected chi connectivity index (χ3v) is 11.4. The van der Waals surface area contributed by atoms with Gasteiger partial charge in [0.25, 0.3) is 0 Å². The fourth-order valence-corrected chi connectivity index (χ4v) is 7.86.